The number of rotatable bonds is 3. The number of alkyl halides is 4. The Balaban J connectivity index is 1.64. The lowest BCUT2D eigenvalue weighted by molar-refractivity contribution is -0.324. The fourth-order valence-corrected chi connectivity index (χ4v) is 2.26. The number of nitrogens with zero attached hydrogens (tertiary/aromatic N) is 1. The second-order valence-corrected chi connectivity index (χ2v) is 6.09. The Bertz CT molecular complexity index is 567. The fourth-order valence-electron chi connectivity index (χ4n) is 2.26. The Morgan fingerprint density at radius 1 is 1.27 bits per heavy atom. The van der Waals surface area contributed by atoms with Gasteiger partial charge in [-0.1, -0.05) is 6.07 Å². The second kappa shape index (κ2) is 4.82. The highest BCUT2D eigenvalue weighted by Crippen LogP contribution is 2.52. The first kappa shape index (κ1) is 15.5. The number of hydrogen-bond donors (Lipinski definition) is 0. The van der Waals surface area contributed by atoms with Crippen molar-refractivity contribution >= 4 is 12.6 Å². The van der Waals surface area contributed by atoms with E-state index in [1.165, 1.54) is 12.3 Å². The molecule has 2 aliphatic rings. The molecule has 1 unspecified atom stereocenters. The summed E-state index contributed by atoms with van der Waals surface area (Å²) in [6.07, 6.45) is -1.53. The van der Waals surface area contributed by atoms with Crippen LogP contribution < -0.4 is 10.2 Å². The molecule has 0 amide bonds. The van der Waals surface area contributed by atoms with Crippen LogP contribution in [0.1, 0.15) is 20.3 Å². The molecule has 0 bridgehead atoms. The zero-order valence-electron chi connectivity index (χ0n) is 12.0. The molecular weight excluding hydrogens is 305 g/mol. The van der Waals surface area contributed by atoms with E-state index in [9.17, 15) is 17.6 Å². The molecule has 0 N–H and O–H groups in total. The summed E-state index contributed by atoms with van der Waals surface area (Å²) in [5, 5.41) is 0. The van der Waals surface area contributed by atoms with E-state index in [1.54, 1.807) is 6.07 Å². The van der Waals surface area contributed by atoms with Gasteiger partial charge in [0.2, 0.25) is 5.88 Å². The summed E-state index contributed by atoms with van der Waals surface area (Å²) in [4.78, 5) is 3.85. The van der Waals surface area contributed by atoms with Crippen LogP contribution in [0, 0.1) is 0 Å². The molecule has 1 aliphatic heterocycles. The van der Waals surface area contributed by atoms with E-state index in [1.807, 2.05) is 13.8 Å². The van der Waals surface area contributed by atoms with Gasteiger partial charge in [-0.05, 0) is 19.9 Å². The minimum Gasteiger partial charge on any atom is -0.467 e. The van der Waals surface area contributed by atoms with E-state index in [2.05, 4.69) is 4.98 Å². The van der Waals surface area contributed by atoms with Crippen LogP contribution in [0.3, 0.4) is 0 Å². The third kappa shape index (κ3) is 2.56. The largest absolute Gasteiger partial charge is 0.496 e. The summed E-state index contributed by atoms with van der Waals surface area (Å²) in [7, 11) is -0.592. The summed E-state index contributed by atoms with van der Waals surface area (Å²) in [6, 6.07) is 2.88. The van der Waals surface area contributed by atoms with E-state index in [0.717, 1.165) is 0 Å². The third-order valence-electron chi connectivity index (χ3n) is 3.64. The van der Waals surface area contributed by atoms with Gasteiger partial charge in [0.05, 0.1) is 18.6 Å². The molecule has 1 saturated heterocycles. The predicted octanol–water partition coefficient (Wildman–Crippen LogP) is 2.02. The van der Waals surface area contributed by atoms with Crippen molar-refractivity contribution in [3.8, 4) is 5.88 Å². The van der Waals surface area contributed by atoms with Crippen molar-refractivity contribution in [3.63, 3.8) is 0 Å². The average molecular weight is 319 g/mol. The molecule has 2 fully saturated rings. The number of ether oxygens (including phenoxy) is 1. The van der Waals surface area contributed by atoms with Crippen LogP contribution in [0.2, 0.25) is 0 Å². The highest BCUT2D eigenvalue weighted by Gasteiger charge is 2.73. The molecular formula is C13H14BF4NO3. The molecule has 9 heteroatoms. The lowest BCUT2D eigenvalue weighted by Crippen LogP contribution is -2.64. The molecule has 120 valence electrons. The molecule has 4 nitrogen and oxygen atoms in total. The van der Waals surface area contributed by atoms with E-state index < -0.39 is 37.1 Å². The summed E-state index contributed by atoms with van der Waals surface area (Å²) < 4.78 is 67.6. The van der Waals surface area contributed by atoms with Crippen LogP contribution >= 0.6 is 0 Å². The topological polar surface area (TPSA) is 40.6 Å². The zero-order chi connectivity index (χ0) is 16.2. The molecule has 3 rings (SSSR count). The summed E-state index contributed by atoms with van der Waals surface area (Å²) in [5.74, 6) is -8.33. The summed E-state index contributed by atoms with van der Waals surface area (Å²) in [5.41, 5.74) is 0.183. The van der Waals surface area contributed by atoms with Gasteiger partial charge < -0.3 is 14.0 Å². The standard InChI is InChI=1S/C13H14BF4NO3/c1-11(2)7-20-14(22-11)8-3-4-10(19-6-8)21-9-5-12(15,16)13(9,17)18/h3-4,6,9H,5,7H2,1-2H3. The lowest BCUT2D eigenvalue weighted by atomic mass is 9.80. The van der Waals surface area contributed by atoms with Gasteiger partial charge in [-0.15, -0.1) is 0 Å². The van der Waals surface area contributed by atoms with Crippen molar-refractivity contribution in [2.75, 3.05) is 6.61 Å². The van der Waals surface area contributed by atoms with Crippen molar-refractivity contribution in [1.82, 2.24) is 4.98 Å². The van der Waals surface area contributed by atoms with Gasteiger partial charge in [0.1, 0.15) is 0 Å². The first-order chi connectivity index (χ1) is 10.1. The highest BCUT2D eigenvalue weighted by molar-refractivity contribution is 6.61. The quantitative estimate of drug-likeness (QED) is 0.631. The van der Waals surface area contributed by atoms with Crippen molar-refractivity contribution in [2.45, 2.75) is 43.8 Å². The number of pyridine rings is 1. The summed E-state index contributed by atoms with van der Waals surface area (Å²) >= 11 is 0. The van der Waals surface area contributed by atoms with Crippen LogP contribution in [0.15, 0.2) is 18.3 Å². The molecule has 1 aromatic rings. The SMILES string of the molecule is CC1(C)COB(c2ccc(OC3CC(F)(F)C3(F)F)nc2)O1. The third-order valence-corrected chi connectivity index (χ3v) is 3.64. The number of aromatic nitrogens is 1. The van der Waals surface area contributed by atoms with Crippen LogP contribution in [0.25, 0.3) is 0 Å². The molecule has 0 radical (unpaired) electrons. The van der Waals surface area contributed by atoms with Crippen LogP contribution in [0.5, 0.6) is 5.88 Å². The maximum atomic E-state index is 13.1. The Labute approximate surface area is 124 Å². The van der Waals surface area contributed by atoms with Gasteiger partial charge in [0, 0.05) is 11.7 Å². The smallest absolute Gasteiger partial charge is 0.467 e. The molecule has 2 heterocycles. The van der Waals surface area contributed by atoms with Crippen LogP contribution in [0.4, 0.5) is 17.6 Å². The zero-order valence-corrected chi connectivity index (χ0v) is 12.0. The van der Waals surface area contributed by atoms with Gasteiger partial charge >= 0.3 is 19.0 Å². The van der Waals surface area contributed by atoms with E-state index in [0.29, 0.717) is 12.1 Å². The van der Waals surface area contributed by atoms with Crippen molar-refractivity contribution in [2.24, 2.45) is 0 Å². The van der Waals surface area contributed by atoms with Gasteiger partial charge in [0.25, 0.3) is 0 Å². The average Bonchev–Trinajstić information content (AvgIpc) is 2.79. The van der Waals surface area contributed by atoms with E-state index in [-0.39, 0.29) is 5.88 Å². The second-order valence-electron chi connectivity index (χ2n) is 6.09. The molecule has 0 aromatic carbocycles. The minimum absolute atomic E-state index is 0.138. The molecule has 1 atom stereocenters. The number of halogens is 4. The maximum absolute atomic E-state index is 13.1. The Hall–Kier alpha value is -1.35. The van der Waals surface area contributed by atoms with Crippen molar-refractivity contribution in [3.05, 3.63) is 18.3 Å². The van der Waals surface area contributed by atoms with Gasteiger partial charge in [-0.25, -0.2) is 4.98 Å². The van der Waals surface area contributed by atoms with Crippen molar-refractivity contribution in [1.29, 1.82) is 0 Å². The predicted molar refractivity (Wildman–Crippen MR) is 69.7 cm³/mol. The molecule has 1 saturated carbocycles. The fraction of sp³-hybridized carbons (Fsp3) is 0.615. The minimum atomic E-state index is -4.17. The highest BCUT2D eigenvalue weighted by atomic mass is 19.3. The van der Waals surface area contributed by atoms with E-state index in [4.69, 9.17) is 14.0 Å². The first-order valence-electron chi connectivity index (χ1n) is 6.78. The number of hydrogen-bond acceptors (Lipinski definition) is 4. The molecule has 1 aliphatic carbocycles. The molecule has 0 spiro atoms. The van der Waals surface area contributed by atoms with Gasteiger partial charge in [-0.3, -0.25) is 0 Å². The lowest BCUT2D eigenvalue weighted by Gasteiger charge is -2.42. The maximum Gasteiger partial charge on any atom is 0.496 e. The van der Waals surface area contributed by atoms with Crippen LogP contribution in [-0.2, 0) is 9.31 Å². The monoisotopic (exact) mass is 319 g/mol. The summed E-state index contributed by atoms with van der Waals surface area (Å²) in [6.45, 7) is 4.16. The Morgan fingerprint density at radius 3 is 2.45 bits per heavy atom. The molecule has 1 aromatic heterocycles. The molecule has 22 heavy (non-hydrogen) atoms. The van der Waals surface area contributed by atoms with E-state index >= 15 is 0 Å². The van der Waals surface area contributed by atoms with Crippen LogP contribution in [-0.4, -0.2) is 42.3 Å². The Kier molecular flexibility index (Phi) is 3.41. The van der Waals surface area contributed by atoms with Gasteiger partial charge in [-0.2, -0.15) is 17.6 Å². The van der Waals surface area contributed by atoms with Gasteiger partial charge in [0.15, 0.2) is 6.10 Å². The normalized spacial score (nSPS) is 28.3. The van der Waals surface area contributed by atoms with Crippen molar-refractivity contribution < 1.29 is 31.6 Å². The Morgan fingerprint density at radius 2 is 2.00 bits per heavy atom. The first-order valence-corrected chi connectivity index (χ1v) is 6.78.